The van der Waals surface area contributed by atoms with E-state index in [0.717, 1.165) is 27.6 Å². The summed E-state index contributed by atoms with van der Waals surface area (Å²) < 4.78 is 5.84. The normalized spacial score (nSPS) is 12.5. The summed E-state index contributed by atoms with van der Waals surface area (Å²) in [6, 6.07) is 30.3. The monoisotopic (exact) mass is 524 g/mol. The van der Waals surface area contributed by atoms with Crippen molar-refractivity contribution in [1.82, 2.24) is 5.32 Å². The molecule has 7 nitrogen and oxygen atoms in total. The highest BCUT2D eigenvalue weighted by Gasteiger charge is 2.22. The first-order valence-electron chi connectivity index (χ1n) is 13.3. The van der Waals surface area contributed by atoms with Gasteiger partial charge in [0.2, 0.25) is 11.8 Å². The SMILES string of the molecule is NCCC[C@H](NC(=O)C[C@@H](N)Cc1ccc(OCc2ccccc2)cc1)C(=O)Nc1ccc2ccccc2c1. The van der Waals surface area contributed by atoms with E-state index in [-0.39, 0.29) is 24.3 Å². The van der Waals surface area contributed by atoms with E-state index in [1.807, 2.05) is 97.1 Å². The van der Waals surface area contributed by atoms with Gasteiger partial charge in [-0.3, -0.25) is 9.59 Å². The maximum Gasteiger partial charge on any atom is 0.246 e. The summed E-state index contributed by atoms with van der Waals surface area (Å²) in [5, 5.41) is 7.91. The fourth-order valence-electron chi connectivity index (χ4n) is 4.42. The van der Waals surface area contributed by atoms with Gasteiger partial charge >= 0.3 is 0 Å². The number of carbonyl (C=O) groups is 2. The molecule has 0 heterocycles. The second-order valence-electron chi connectivity index (χ2n) is 9.69. The maximum atomic E-state index is 13.0. The Labute approximate surface area is 229 Å². The Kier molecular flexibility index (Phi) is 10.1. The molecular formula is C32H36N4O3. The van der Waals surface area contributed by atoms with Crippen LogP contribution in [0.5, 0.6) is 5.75 Å². The molecular weight excluding hydrogens is 488 g/mol. The van der Waals surface area contributed by atoms with Crippen LogP contribution in [-0.4, -0.2) is 30.4 Å². The molecule has 202 valence electrons. The number of amides is 2. The van der Waals surface area contributed by atoms with Gasteiger partial charge < -0.3 is 26.8 Å². The largest absolute Gasteiger partial charge is 0.489 e. The van der Waals surface area contributed by atoms with Crippen molar-refractivity contribution in [2.24, 2.45) is 11.5 Å². The number of anilines is 1. The first kappa shape index (κ1) is 27.8. The molecule has 2 atom stereocenters. The quantitative estimate of drug-likeness (QED) is 0.205. The molecule has 4 aromatic carbocycles. The van der Waals surface area contributed by atoms with Gasteiger partial charge in [0, 0.05) is 18.2 Å². The number of rotatable bonds is 13. The molecule has 0 saturated heterocycles. The van der Waals surface area contributed by atoms with Crippen LogP contribution in [0.25, 0.3) is 10.8 Å². The standard InChI is InChI=1S/C32H36N4O3/c33-18-6-11-30(32(38)35-28-15-14-25-9-4-5-10-26(25)20-28)36-31(37)21-27(34)19-23-12-16-29(17-13-23)39-22-24-7-2-1-3-8-24/h1-5,7-10,12-17,20,27,30H,6,11,18-19,21-22,33-34H2,(H,35,38)(H,36,37)/t27-,30-/m0/s1. The van der Waals surface area contributed by atoms with Gasteiger partial charge in [-0.05, 0) is 72.0 Å². The number of hydrogen-bond acceptors (Lipinski definition) is 5. The molecule has 0 aliphatic carbocycles. The summed E-state index contributed by atoms with van der Waals surface area (Å²) in [5.41, 5.74) is 14.8. The van der Waals surface area contributed by atoms with Gasteiger partial charge in [0.15, 0.2) is 0 Å². The Hall–Kier alpha value is -4.20. The lowest BCUT2D eigenvalue weighted by Crippen LogP contribution is -2.45. The second-order valence-corrected chi connectivity index (χ2v) is 9.69. The zero-order chi connectivity index (χ0) is 27.5. The highest BCUT2D eigenvalue weighted by molar-refractivity contribution is 5.99. The van der Waals surface area contributed by atoms with Crippen molar-refractivity contribution in [3.63, 3.8) is 0 Å². The van der Waals surface area contributed by atoms with Gasteiger partial charge in [0.05, 0.1) is 0 Å². The summed E-state index contributed by atoms with van der Waals surface area (Å²) in [6.07, 6.45) is 1.69. The highest BCUT2D eigenvalue weighted by Crippen LogP contribution is 2.19. The van der Waals surface area contributed by atoms with E-state index in [2.05, 4.69) is 10.6 Å². The van der Waals surface area contributed by atoms with Crippen LogP contribution in [0.3, 0.4) is 0 Å². The summed E-state index contributed by atoms with van der Waals surface area (Å²) in [6.45, 7) is 0.930. The topological polar surface area (TPSA) is 119 Å². The maximum absolute atomic E-state index is 13.0. The fraction of sp³-hybridized carbons (Fsp3) is 0.250. The van der Waals surface area contributed by atoms with Gasteiger partial charge in [-0.2, -0.15) is 0 Å². The van der Waals surface area contributed by atoms with Crippen LogP contribution in [0, 0.1) is 0 Å². The molecule has 6 N–H and O–H groups in total. The molecule has 0 bridgehead atoms. The number of nitrogens with two attached hydrogens (primary N) is 2. The zero-order valence-corrected chi connectivity index (χ0v) is 22.0. The van der Waals surface area contributed by atoms with E-state index < -0.39 is 6.04 Å². The first-order valence-corrected chi connectivity index (χ1v) is 13.3. The third-order valence-corrected chi connectivity index (χ3v) is 6.48. The van der Waals surface area contributed by atoms with Crippen LogP contribution in [0.1, 0.15) is 30.4 Å². The lowest BCUT2D eigenvalue weighted by atomic mass is 10.0. The zero-order valence-electron chi connectivity index (χ0n) is 22.0. The van der Waals surface area contributed by atoms with E-state index in [0.29, 0.717) is 38.1 Å². The van der Waals surface area contributed by atoms with Crippen LogP contribution >= 0.6 is 0 Å². The number of nitrogens with one attached hydrogen (secondary N) is 2. The van der Waals surface area contributed by atoms with Crippen molar-refractivity contribution >= 4 is 28.3 Å². The Morgan fingerprint density at radius 2 is 1.54 bits per heavy atom. The van der Waals surface area contributed by atoms with E-state index in [9.17, 15) is 9.59 Å². The van der Waals surface area contributed by atoms with Crippen LogP contribution in [0.2, 0.25) is 0 Å². The molecule has 0 aliphatic rings. The summed E-state index contributed by atoms with van der Waals surface area (Å²) in [4.78, 5) is 25.8. The summed E-state index contributed by atoms with van der Waals surface area (Å²) in [5.74, 6) is 0.238. The van der Waals surface area contributed by atoms with Crippen molar-refractivity contribution in [1.29, 1.82) is 0 Å². The molecule has 39 heavy (non-hydrogen) atoms. The Morgan fingerprint density at radius 3 is 2.28 bits per heavy atom. The molecule has 0 aliphatic heterocycles. The van der Waals surface area contributed by atoms with E-state index >= 15 is 0 Å². The molecule has 4 aromatic rings. The number of hydrogen-bond donors (Lipinski definition) is 4. The predicted octanol–water partition coefficient (Wildman–Crippen LogP) is 4.54. The van der Waals surface area contributed by atoms with Gasteiger partial charge in [-0.25, -0.2) is 0 Å². The first-order chi connectivity index (χ1) is 19.0. The Bertz CT molecular complexity index is 1360. The molecule has 0 saturated carbocycles. The van der Waals surface area contributed by atoms with E-state index in [1.54, 1.807) is 0 Å². The predicted molar refractivity (Wildman–Crippen MR) is 156 cm³/mol. The van der Waals surface area contributed by atoms with E-state index in [4.69, 9.17) is 16.2 Å². The number of carbonyl (C=O) groups excluding carboxylic acids is 2. The van der Waals surface area contributed by atoms with Crippen molar-refractivity contribution in [2.45, 2.75) is 44.4 Å². The van der Waals surface area contributed by atoms with Gasteiger partial charge in [-0.1, -0.05) is 72.8 Å². The average Bonchev–Trinajstić information content (AvgIpc) is 2.95. The molecule has 7 heteroatoms. The fourth-order valence-corrected chi connectivity index (χ4v) is 4.42. The van der Waals surface area contributed by atoms with Crippen LogP contribution in [0.15, 0.2) is 97.1 Å². The van der Waals surface area contributed by atoms with Crippen molar-refractivity contribution in [2.75, 3.05) is 11.9 Å². The molecule has 0 radical (unpaired) electrons. The van der Waals surface area contributed by atoms with Crippen LogP contribution in [-0.2, 0) is 22.6 Å². The minimum atomic E-state index is -0.694. The smallest absolute Gasteiger partial charge is 0.246 e. The number of ether oxygens (including phenoxy) is 1. The Balaban J connectivity index is 1.27. The van der Waals surface area contributed by atoms with Crippen LogP contribution < -0.4 is 26.8 Å². The molecule has 0 unspecified atom stereocenters. The number of benzene rings is 4. The van der Waals surface area contributed by atoms with Gasteiger partial charge in [0.25, 0.3) is 0 Å². The molecule has 2 amide bonds. The van der Waals surface area contributed by atoms with Crippen molar-refractivity contribution in [3.8, 4) is 5.75 Å². The molecule has 0 spiro atoms. The molecule has 0 aromatic heterocycles. The minimum Gasteiger partial charge on any atom is -0.489 e. The highest BCUT2D eigenvalue weighted by atomic mass is 16.5. The summed E-state index contributed by atoms with van der Waals surface area (Å²) >= 11 is 0. The van der Waals surface area contributed by atoms with E-state index in [1.165, 1.54) is 0 Å². The van der Waals surface area contributed by atoms with Gasteiger partial charge in [0.1, 0.15) is 18.4 Å². The average molecular weight is 525 g/mol. The molecule has 0 fully saturated rings. The summed E-state index contributed by atoms with van der Waals surface area (Å²) in [7, 11) is 0. The third-order valence-electron chi connectivity index (χ3n) is 6.48. The number of fused-ring (bicyclic) bond motifs is 1. The minimum absolute atomic E-state index is 0.106. The molecule has 4 rings (SSSR count). The van der Waals surface area contributed by atoms with Crippen LogP contribution in [0.4, 0.5) is 5.69 Å². The van der Waals surface area contributed by atoms with Crippen molar-refractivity contribution < 1.29 is 14.3 Å². The third kappa shape index (κ3) is 8.67. The lowest BCUT2D eigenvalue weighted by molar-refractivity contribution is -0.126. The lowest BCUT2D eigenvalue weighted by Gasteiger charge is -2.20. The Morgan fingerprint density at radius 1 is 0.821 bits per heavy atom. The second kappa shape index (κ2) is 14.1. The van der Waals surface area contributed by atoms with Crippen molar-refractivity contribution in [3.05, 3.63) is 108 Å². The van der Waals surface area contributed by atoms with Gasteiger partial charge in [-0.15, -0.1) is 0 Å².